The van der Waals surface area contributed by atoms with Crippen molar-refractivity contribution in [3.8, 4) is 12.3 Å². The van der Waals surface area contributed by atoms with E-state index in [4.69, 9.17) is 11.2 Å². The maximum Gasteiger partial charge on any atom is 0.191 e. The molecule has 0 aliphatic carbocycles. The van der Waals surface area contributed by atoms with Crippen LogP contribution in [-0.2, 0) is 4.74 Å². The SMILES string of the molecule is C#CCNC(=NC)NCC(CC(C)C)N1CCOCC1. The first-order valence-corrected chi connectivity index (χ1v) is 7.37. The Morgan fingerprint density at radius 2 is 2.05 bits per heavy atom. The van der Waals surface area contributed by atoms with E-state index in [-0.39, 0.29) is 0 Å². The Morgan fingerprint density at radius 3 is 2.60 bits per heavy atom. The molecule has 1 heterocycles. The molecule has 1 rings (SSSR count). The minimum atomic E-state index is 0.492. The molecule has 0 spiro atoms. The summed E-state index contributed by atoms with van der Waals surface area (Å²) in [5, 5.41) is 6.46. The van der Waals surface area contributed by atoms with Gasteiger partial charge in [0.1, 0.15) is 0 Å². The summed E-state index contributed by atoms with van der Waals surface area (Å²) in [5.74, 6) is 4.00. The van der Waals surface area contributed by atoms with Gasteiger partial charge in [-0.05, 0) is 12.3 Å². The van der Waals surface area contributed by atoms with Crippen molar-refractivity contribution in [3.63, 3.8) is 0 Å². The fourth-order valence-corrected chi connectivity index (χ4v) is 2.42. The monoisotopic (exact) mass is 280 g/mol. The fraction of sp³-hybridized carbons (Fsp3) is 0.800. The number of hydrogen-bond donors (Lipinski definition) is 2. The van der Waals surface area contributed by atoms with Crippen LogP contribution in [0.1, 0.15) is 20.3 Å². The summed E-state index contributed by atoms with van der Waals surface area (Å²) in [5.41, 5.74) is 0. The van der Waals surface area contributed by atoms with Gasteiger partial charge in [0.25, 0.3) is 0 Å². The van der Waals surface area contributed by atoms with E-state index in [0.29, 0.717) is 18.5 Å². The summed E-state index contributed by atoms with van der Waals surface area (Å²) >= 11 is 0. The predicted molar refractivity (Wildman–Crippen MR) is 83.8 cm³/mol. The van der Waals surface area contributed by atoms with Crippen LogP contribution in [0.3, 0.4) is 0 Å². The van der Waals surface area contributed by atoms with E-state index < -0.39 is 0 Å². The zero-order valence-corrected chi connectivity index (χ0v) is 13.0. The molecule has 0 radical (unpaired) electrons. The van der Waals surface area contributed by atoms with Gasteiger partial charge in [0.05, 0.1) is 19.8 Å². The molecule has 0 aromatic rings. The molecule has 5 heteroatoms. The van der Waals surface area contributed by atoms with Crippen LogP contribution < -0.4 is 10.6 Å². The molecule has 0 amide bonds. The Morgan fingerprint density at radius 1 is 1.35 bits per heavy atom. The Kier molecular flexibility index (Phi) is 8.08. The molecule has 114 valence electrons. The Balaban J connectivity index is 2.49. The van der Waals surface area contributed by atoms with Crippen molar-refractivity contribution in [2.75, 3.05) is 46.4 Å². The summed E-state index contributed by atoms with van der Waals surface area (Å²) < 4.78 is 5.43. The van der Waals surface area contributed by atoms with Gasteiger partial charge in [-0.1, -0.05) is 19.8 Å². The third-order valence-electron chi connectivity index (χ3n) is 3.39. The number of rotatable bonds is 6. The fourth-order valence-electron chi connectivity index (χ4n) is 2.42. The highest BCUT2D eigenvalue weighted by atomic mass is 16.5. The third-order valence-corrected chi connectivity index (χ3v) is 3.39. The van der Waals surface area contributed by atoms with Gasteiger partial charge in [-0.25, -0.2) is 0 Å². The number of ether oxygens (including phenoxy) is 1. The zero-order valence-electron chi connectivity index (χ0n) is 13.0. The maximum absolute atomic E-state index is 5.43. The number of aliphatic imine (C=N–C) groups is 1. The van der Waals surface area contributed by atoms with Crippen LogP contribution in [-0.4, -0.2) is 63.3 Å². The van der Waals surface area contributed by atoms with Gasteiger partial charge in [0, 0.05) is 32.7 Å². The number of nitrogens with one attached hydrogen (secondary N) is 2. The van der Waals surface area contributed by atoms with Gasteiger partial charge in [-0.15, -0.1) is 6.42 Å². The van der Waals surface area contributed by atoms with E-state index in [1.807, 2.05) is 0 Å². The molecule has 1 aliphatic heterocycles. The molecule has 0 bridgehead atoms. The van der Waals surface area contributed by atoms with Crippen LogP contribution in [0.25, 0.3) is 0 Å². The number of terminal acetylenes is 1. The van der Waals surface area contributed by atoms with E-state index >= 15 is 0 Å². The molecule has 5 nitrogen and oxygen atoms in total. The van der Waals surface area contributed by atoms with Gasteiger partial charge in [0.15, 0.2) is 5.96 Å². The van der Waals surface area contributed by atoms with Crippen molar-refractivity contribution in [1.29, 1.82) is 0 Å². The highest BCUT2D eigenvalue weighted by Crippen LogP contribution is 2.12. The van der Waals surface area contributed by atoms with Gasteiger partial charge >= 0.3 is 0 Å². The number of hydrogen-bond acceptors (Lipinski definition) is 3. The van der Waals surface area contributed by atoms with Crippen molar-refractivity contribution >= 4 is 5.96 Å². The van der Waals surface area contributed by atoms with E-state index in [1.165, 1.54) is 6.42 Å². The van der Waals surface area contributed by atoms with Crippen LogP contribution >= 0.6 is 0 Å². The van der Waals surface area contributed by atoms with Crippen LogP contribution in [0.4, 0.5) is 0 Å². The summed E-state index contributed by atoms with van der Waals surface area (Å²) in [7, 11) is 1.76. The minimum Gasteiger partial charge on any atom is -0.379 e. The van der Waals surface area contributed by atoms with Gasteiger partial charge in [-0.3, -0.25) is 9.89 Å². The average Bonchev–Trinajstić information content (AvgIpc) is 2.46. The highest BCUT2D eigenvalue weighted by molar-refractivity contribution is 5.79. The second kappa shape index (κ2) is 9.62. The molecule has 20 heavy (non-hydrogen) atoms. The summed E-state index contributed by atoms with van der Waals surface area (Å²) in [6, 6.07) is 0.503. The standard InChI is InChI=1S/C15H28N4O/c1-5-6-17-15(16-4)18-12-14(11-13(2)3)19-7-9-20-10-8-19/h1,13-14H,6-12H2,2-4H3,(H2,16,17,18). The van der Waals surface area contributed by atoms with Gasteiger partial charge in [-0.2, -0.15) is 0 Å². The van der Waals surface area contributed by atoms with Crippen LogP contribution in [0.5, 0.6) is 0 Å². The molecule has 1 saturated heterocycles. The van der Waals surface area contributed by atoms with E-state index in [1.54, 1.807) is 7.05 Å². The zero-order chi connectivity index (χ0) is 14.8. The molecular weight excluding hydrogens is 252 g/mol. The molecule has 1 aliphatic rings. The molecule has 0 saturated carbocycles. The van der Waals surface area contributed by atoms with E-state index in [9.17, 15) is 0 Å². The third kappa shape index (κ3) is 6.27. The Bertz CT molecular complexity index is 329. The lowest BCUT2D eigenvalue weighted by Crippen LogP contribution is -2.51. The van der Waals surface area contributed by atoms with Crippen LogP contribution in [0, 0.1) is 18.3 Å². The first-order valence-electron chi connectivity index (χ1n) is 7.37. The molecular formula is C15H28N4O. The lowest BCUT2D eigenvalue weighted by atomic mass is 10.0. The largest absolute Gasteiger partial charge is 0.379 e. The second-order valence-electron chi connectivity index (χ2n) is 5.44. The van der Waals surface area contributed by atoms with Gasteiger partial charge < -0.3 is 15.4 Å². The van der Waals surface area contributed by atoms with Crippen LogP contribution in [0.15, 0.2) is 4.99 Å². The van der Waals surface area contributed by atoms with Crippen molar-refractivity contribution in [1.82, 2.24) is 15.5 Å². The average molecular weight is 280 g/mol. The first-order chi connectivity index (χ1) is 9.67. The lowest BCUT2D eigenvalue weighted by molar-refractivity contribution is 0.0132. The number of morpholine rings is 1. The van der Waals surface area contributed by atoms with Crippen molar-refractivity contribution in [2.45, 2.75) is 26.3 Å². The van der Waals surface area contributed by atoms with Crippen LogP contribution in [0.2, 0.25) is 0 Å². The summed E-state index contributed by atoms with van der Waals surface area (Å²) in [6.07, 6.45) is 6.42. The molecule has 1 fully saturated rings. The smallest absolute Gasteiger partial charge is 0.191 e. The minimum absolute atomic E-state index is 0.492. The lowest BCUT2D eigenvalue weighted by Gasteiger charge is -2.35. The topological polar surface area (TPSA) is 48.9 Å². The van der Waals surface area contributed by atoms with E-state index in [2.05, 4.69) is 40.3 Å². The molecule has 2 N–H and O–H groups in total. The quantitative estimate of drug-likeness (QED) is 0.423. The molecule has 1 unspecified atom stereocenters. The summed E-state index contributed by atoms with van der Waals surface area (Å²) in [4.78, 5) is 6.68. The van der Waals surface area contributed by atoms with E-state index in [0.717, 1.165) is 38.8 Å². The second-order valence-corrected chi connectivity index (χ2v) is 5.44. The Hall–Kier alpha value is -1.25. The first kappa shape index (κ1) is 16.8. The van der Waals surface area contributed by atoms with Gasteiger partial charge in [0.2, 0.25) is 0 Å². The highest BCUT2D eigenvalue weighted by Gasteiger charge is 2.21. The van der Waals surface area contributed by atoms with Crippen molar-refractivity contribution in [2.24, 2.45) is 10.9 Å². The molecule has 1 atom stereocenters. The predicted octanol–water partition coefficient (Wildman–Crippen LogP) is 0.532. The van der Waals surface area contributed by atoms with Crippen molar-refractivity contribution in [3.05, 3.63) is 0 Å². The van der Waals surface area contributed by atoms with Crippen molar-refractivity contribution < 1.29 is 4.74 Å². The Labute approximate surface area is 123 Å². The normalized spacial score (nSPS) is 18.6. The maximum atomic E-state index is 5.43. The summed E-state index contributed by atoms with van der Waals surface area (Å²) in [6.45, 7) is 9.58. The number of guanidine groups is 1. The number of nitrogens with zero attached hydrogens (tertiary/aromatic N) is 2. The molecule has 0 aromatic carbocycles. The molecule has 0 aromatic heterocycles.